The van der Waals surface area contributed by atoms with Gasteiger partial charge in [-0.05, 0) is 68.0 Å². The fourth-order valence-electron chi connectivity index (χ4n) is 5.89. The van der Waals surface area contributed by atoms with E-state index in [4.69, 9.17) is 25.8 Å². The van der Waals surface area contributed by atoms with Crippen molar-refractivity contribution < 1.29 is 19.0 Å². The van der Waals surface area contributed by atoms with Crippen LogP contribution in [0.5, 0.6) is 11.5 Å². The first-order valence-corrected chi connectivity index (χ1v) is 14.0. The average molecular weight is 544 g/mol. The third kappa shape index (κ3) is 6.38. The highest BCUT2D eigenvalue weighted by Gasteiger charge is 2.36. The average Bonchev–Trinajstić information content (AvgIpc) is 2.92. The standard InChI is InChI=1S/C30H42ClN3O4/c1-21-22(2)29(38-18-16-32(23(3)35)15-17-36-4)12-10-26(21)28-8-6-7-25-20-33(13-14-34(25)28)24-9-11-27(31)30(19-24)37-5/h9-12,19,25,28H,6-8,13-18,20H2,1-5H3/t25-,28+/m0/s1. The van der Waals surface area contributed by atoms with E-state index in [1.807, 2.05) is 6.07 Å². The van der Waals surface area contributed by atoms with Crippen LogP contribution in [0, 0.1) is 13.8 Å². The summed E-state index contributed by atoms with van der Waals surface area (Å²) in [4.78, 5) is 18.8. The fourth-order valence-corrected chi connectivity index (χ4v) is 6.09. The molecule has 0 spiro atoms. The van der Waals surface area contributed by atoms with Crippen LogP contribution in [0.25, 0.3) is 0 Å². The van der Waals surface area contributed by atoms with E-state index in [2.05, 4.69) is 47.9 Å². The number of carbonyl (C=O) groups is 1. The molecule has 0 saturated carbocycles. The number of benzene rings is 2. The van der Waals surface area contributed by atoms with Crippen molar-refractivity contribution in [1.82, 2.24) is 9.80 Å². The first-order valence-electron chi connectivity index (χ1n) is 13.7. The van der Waals surface area contributed by atoms with Gasteiger partial charge in [-0.15, -0.1) is 0 Å². The van der Waals surface area contributed by atoms with Crippen molar-refractivity contribution in [2.45, 2.75) is 52.1 Å². The van der Waals surface area contributed by atoms with E-state index in [1.54, 1.807) is 26.0 Å². The molecule has 2 saturated heterocycles. The second kappa shape index (κ2) is 13.0. The van der Waals surface area contributed by atoms with Crippen molar-refractivity contribution >= 4 is 23.2 Å². The number of methoxy groups -OCH3 is 2. The number of ether oxygens (including phenoxy) is 3. The molecule has 8 heteroatoms. The molecule has 208 valence electrons. The van der Waals surface area contributed by atoms with Gasteiger partial charge in [0.1, 0.15) is 18.1 Å². The number of hydrogen-bond acceptors (Lipinski definition) is 6. The van der Waals surface area contributed by atoms with E-state index in [-0.39, 0.29) is 5.91 Å². The van der Waals surface area contributed by atoms with Gasteiger partial charge in [0, 0.05) is 64.0 Å². The Morgan fingerprint density at radius 3 is 2.55 bits per heavy atom. The summed E-state index contributed by atoms with van der Waals surface area (Å²) in [6, 6.07) is 11.4. The molecule has 0 bridgehead atoms. The van der Waals surface area contributed by atoms with Gasteiger partial charge in [-0.1, -0.05) is 17.7 Å². The Kier molecular flexibility index (Phi) is 9.80. The molecule has 7 nitrogen and oxygen atoms in total. The number of rotatable bonds is 10. The molecule has 0 unspecified atom stereocenters. The second-order valence-corrected chi connectivity index (χ2v) is 10.8. The molecule has 1 amide bonds. The molecule has 38 heavy (non-hydrogen) atoms. The monoisotopic (exact) mass is 543 g/mol. The van der Waals surface area contributed by atoms with Crippen LogP contribution in [0.4, 0.5) is 5.69 Å². The minimum atomic E-state index is 0.0380. The Hall–Kier alpha value is -2.48. The van der Waals surface area contributed by atoms with Gasteiger partial charge in [0.2, 0.25) is 5.91 Å². The summed E-state index contributed by atoms with van der Waals surface area (Å²) in [7, 11) is 3.31. The maximum Gasteiger partial charge on any atom is 0.219 e. The summed E-state index contributed by atoms with van der Waals surface area (Å²) in [6.45, 7) is 11.1. The number of anilines is 1. The molecule has 2 aliphatic heterocycles. The highest BCUT2D eigenvalue weighted by molar-refractivity contribution is 6.32. The number of hydrogen-bond donors (Lipinski definition) is 0. The fraction of sp³-hybridized carbons (Fsp3) is 0.567. The van der Waals surface area contributed by atoms with Gasteiger partial charge >= 0.3 is 0 Å². The van der Waals surface area contributed by atoms with Crippen molar-refractivity contribution in [2.24, 2.45) is 0 Å². The Morgan fingerprint density at radius 2 is 1.82 bits per heavy atom. The van der Waals surface area contributed by atoms with E-state index in [0.717, 1.165) is 31.1 Å². The molecule has 2 aromatic carbocycles. The molecule has 0 N–H and O–H groups in total. The van der Waals surface area contributed by atoms with Crippen LogP contribution in [0.3, 0.4) is 0 Å². The Balaban J connectivity index is 1.42. The van der Waals surface area contributed by atoms with E-state index in [1.165, 1.54) is 41.6 Å². The number of fused-ring (bicyclic) bond motifs is 1. The van der Waals surface area contributed by atoms with Crippen LogP contribution in [0.2, 0.25) is 5.02 Å². The zero-order chi connectivity index (χ0) is 27.2. The maximum atomic E-state index is 11.9. The molecule has 2 fully saturated rings. The number of halogens is 1. The first-order chi connectivity index (χ1) is 18.3. The van der Waals surface area contributed by atoms with Crippen LogP contribution < -0.4 is 14.4 Å². The Bertz CT molecular complexity index is 1110. The Labute approximate surface area is 232 Å². The lowest BCUT2D eigenvalue weighted by Gasteiger charge is -2.49. The predicted molar refractivity (Wildman–Crippen MR) is 153 cm³/mol. The normalized spacial score (nSPS) is 19.7. The smallest absolute Gasteiger partial charge is 0.219 e. The SMILES string of the molecule is COCCN(CCOc1ccc([C@H]2CCC[C@H]3CN(c4ccc(Cl)c(OC)c4)CCN32)c(C)c1C)C(C)=O. The van der Waals surface area contributed by atoms with Gasteiger partial charge in [0.25, 0.3) is 0 Å². The summed E-state index contributed by atoms with van der Waals surface area (Å²) >= 11 is 6.26. The number of piperazine rings is 1. The Morgan fingerprint density at radius 1 is 1.03 bits per heavy atom. The predicted octanol–water partition coefficient (Wildman–Crippen LogP) is 5.25. The molecular weight excluding hydrogens is 502 g/mol. The van der Waals surface area contributed by atoms with Gasteiger partial charge < -0.3 is 24.0 Å². The number of carbonyl (C=O) groups excluding carboxylic acids is 1. The largest absolute Gasteiger partial charge is 0.495 e. The van der Waals surface area contributed by atoms with Crippen LogP contribution in [-0.2, 0) is 9.53 Å². The molecule has 2 aliphatic rings. The van der Waals surface area contributed by atoms with Crippen molar-refractivity contribution in [3.8, 4) is 11.5 Å². The molecule has 4 rings (SSSR count). The summed E-state index contributed by atoms with van der Waals surface area (Å²) in [5.41, 5.74) is 5.07. The van der Waals surface area contributed by atoms with Crippen LogP contribution in [-0.4, -0.2) is 81.9 Å². The quantitative estimate of drug-likeness (QED) is 0.408. The molecule has 2 atom stereocenters. The summed E-state index contributed by atoms with van der Waals surface area (Å²) in [5, 5.41) is 0.646. The topological polar surface area (TPSA) is 54.5 Å². The minimum Gasteiger partial charge on any atom is -0.495 e. The highest BCUT2D eigenvalue weighted by atomic mass is 35.5. The van der Waals surface area contributed by atoms with E-state index < -0.39 is 0 Å². The second-order valence-electron chi connectivity index (χ2n) is 10.4. The van der Waals surface area contributed by atoms with Crippen molar-refractivity contribution in [3.63, 3.8) is 0 Å². The molecular formula is C30H42ClN3O4. The lowest BCUT2D eigenvalue weighted by molar-refractivity contribution is -0.129. The lowest BCUT2D eigenvalue weighted by Crippen LogP contribution is -2.56. The molecule has 2 heterocycles. The van der Waals surface area contributed by atoms with Crippen molar-refractivity contribution in [2.75, 3.05) is 65.1 Å². The number of piperidine rings is 1. The summed E-state index contributed by atoms with van der Waals surface area (Å²) < 4.78 is 16.7. The van der Waals surface area contributed by atoms with Crippen LogP contribution >= 0.6 is 11.6 Å². The highest BCUT2D eigenvalue weighted by Crippen LogP contribution is 2.40. The third-order valence-corrected chi connectivity index (χ3v) is 8.52. The van der Waals surface area contributed by atoms with Gasteiger partial charge in [-0.2, -0.15) is 0 Å². The zero-order valence-electron chi connectivity index (χ0n) is 23.5. The van der Waals surface area contributed by atoms with Gasteiger partial charge in [0.15, 0.2) is 0 Å². The third-order valence-electron chi connectivity index (χ3n) is 8.21. The van der Waals surface area contributed by atoms with Crippen LogP contribution in [0.1, 0.15) is 48.9 Å². The lowest BCUT2D eigenvalue weighted by atomic mass is 9.86. The number of amides is 1. The van der Waals surface area contributed by atoms with Crippen LogP contribution in [0.15, 0.2) is 30.3 Å². The van der Waals surface area contributed by atoms with E-state index >= 15 is 0 Å². The molecule has 2 aromatic rings. The molecule has 0 radical (unpaired) electrons. The van der Waals surface area contributed by atoms with E-state index in [9.17, 15) is 4.79 Å². The van der Waals surface area contributed by atoms with Gasteiger partial charge in [-0.25, -0.2) is 0 Å². The minimum absolute atomic E-state index is 0.0380. The van der Waals surface area contributed by atoms with E-state index in [0.29, 0.717) is 43.4 Å². The zero-order valence-corrected chi connectivity index (χ0v) is 24.2. The van der Waals surface area contributed by atoms with Gasteiger partial charge in [-0.3, -0.25) is 9.69 Å². The van der Waals surface area contributed by atoms with Crippen molar-refractivity contribution in [3.05, 3.63) is 52.0 Å². The molecule has 0 aromatic heterocycles. The first kappa shape index (κ1) is 28.5. The van der Waals surface area contributed by atoms with Gasteiger partial charge in [0.05, 0.1) is 25.3 Å². The van der Waals surface area contributed by atoms with Crippen molar-refractivity contribution in [1.29, 1.82) is 0 Å². The maximum absolute atomic E-state index is 11.9. The number of nitrogens with zero attached hydrogens (tertiary/aromatic N) is 3. The molecule has 0 aliphatic carbocycles. The summed E-state index contributed by atoms with van der Waals surface area (Å²) in [5.74, 6) is 1.66. The summed E-state index contributed by atoms with van der Waals surface area (Å²) in [6.07, 6.45) is 3.62.